The number of esters is 2. The summed E-state index contributed by atoms with van der Waals surface area (Å²) in [5, 5.41) is 21.5. The van der Waals surface area contributed by atoms with Crippen LogP contribution in [-0.2, 0) is 19.1 Å². The van der Waals surface area contributed by atoms with Crippen molar-refractivity contribution < 1.29 is 33.7 Å². The molecule has 0 spiro atoms. The maximum atomic E-state index is 12.9. The molecule has 7 heteroatoms. The number of fused-ring (bicyclic) bond motifs is 3. The molecule has 0 radical (unpaired) electrons. The first kappa shape index (κ1) is 19.2. The Bertz CT molecular complexity index is 813. The average molecular weight is 390 g/mol. The van der Waals surface area contributed by atoms with Crippen molar-refractivity contribution in [3.63, 3.8) is 0 Å². The molecule has 152 valence electrons. The quantitative estimate of drug-likeness (QED) is 0.745. The molecule has 2 N–H and O–H groups in total. The third kappa shape index (κ3) is 2.56. The Hall–Kier alpha value is -2.12. The van der Waals surface area contributed by atoms with Crippen molar-refractivity contribution in [2.45, 2.75) is 51.4 Å². The zero-order valence-corrected chi connectivity index (χ0v) is 16.3. The molecular formula is C21H26O7. The number of hydrogen-bond acceptors (Lipinski definition) is 7. The molecule has 1 saturated heterocycles. The van der Waals surface area contributed by atoms with E-state index in [0.717, 1.165) is 5.56 Å². The molecule has 28 heavy (non-hydrogen) atoms. The summed E-state index contributed by atoms with van der Waals surface area (Å²) in [6.07, 6.45) is 3.43. The van der Waals surface area contributed by atoms with Gasteiger partial charge in [0.1, 0.15) is 6.10 Å². The summed E-state index contributed by atoms with van der Waals surface area (Å²) >= 11 is 0. The first-order valence-corrected chi connectivity index (χ1v) is 9.61. The topological polar surface area (TPSA) is 106 Å². The minimum Gasteiger partial charge on any atom is -0.472 e. The molecule has 1 saturated carbocycles. The van der Waals surface area contributed by atoms with Gasteiger partial charge >= 0.3 is 11.9 Å². The minimum absolute atomic E-state index is 0.199. The zero-order valence-electron chi connectivity index (χ0n) is 16.3. The van der Waals surface area contributed by atoms with Gasteiger partial charge in [0.2, 0.25) is 0 Å². The second-order valence-corrected chi connectivity index (χ2v) is 8.71. The van der Waals surface area contributed by atoms with E-state index in [1.165, 1.54) is 19.4 Å². The highest BCUT2D eigenvalue weighted by molar-refractivity contribution is 5.90. The molecule has 4 rings (SSSR count). The number of aliphatic hydroxyl groups is 2. The van der Waals surface area contributed by atoms with Crippen molar-refractivity contribution in [1.29, 1.82) is 0 Å². The number of carbonyl (C=O) groups is 2. The molecule has 7 unspecified atom stereocenters. The third-order valence-corrected chi connectivity index (χ3v) is 7.37. The van der Waals surface area contributed by atoms with E-state index < -0.39 is 41.0 Å². The van der Waals surface area contributed by atoms with Crippen LogP contribution >= 0.6 is 0 Å². The molecule has 7 atom stereocenters. The van der Waals surface area contributed by atoms with Crippen molar-refractivity contribution >= 4 is 11.9 Å². The van der Waals surface area contributed by atoms with Gasteiger partial charge in [-0.3, -0.25) is 4.79 Å². The minimum atomic E-state index is -0.925. The molecule has 1 aromatic rings. The first-order chi connectivity index (χ1) is 13.2. The SMILES string of the molecule is COC(=O)C1=CC(O)CC2C3(C)CC(c4ccoc4)OC(=O)C3CC(O)C12C. The molecule has 2 heterocycles. The lowest BCUT2D eigenvalue weighted by atomic mass is 9.44. The van der Waals surface area contributed by atoms with Crippen LogP contribution in [0.1, 0.15) is 44.8 Å². The lowest BCUT2D eigenvalue weighted by Gasteiger charge is -2.61. The van der Waals surface area contributed by atoms with Crippen molar-refractivity contribution in [1.82, 2.24) is 0 Å². The highest BCUT2D eigenvalue weighted by Crippen LogP contribution is 2.64. The summed E-state index contributed by atoms with van der Waals surface area (Å²) in [7, 11) is 1.29. The second kappa shape index (κ2) is 6.46. The summed E-state index contributed by atoms with van der Waals surface area (Å²) < 4.78 is 15.8. The zero-order chi connectivity index (χ0) is 20.3. The van der Waals surface area contributed by atoms with Crippen LogP contribution in [0.3, 0.4) is 0 Å². The van der Waals surface area contributed by atoms with E-state index in [0.29, 0.717) is 12.8 Å². The Labute approximate surface area is 163 Å². The van der Waals surface area contributed by atoms with Crippen LogP contribution in [0.15, 0.2) is 34.7 Å². The number of cyclic esters (lactones) is 1. The Morgan fingerprint density at radius 3 is 2.68 bits per heavy atom. The van der Waals surface area contributed by atoms with Gasteiger partial charge in [0.05, 0.1) is 37.8 Å². The smallest absolute Gasteiger partial charge is 0.334 e. The van der Waals surface area contributed by atoms with Gasteiger partial charge in [0.25, 0.3) is 0 Å². The summed E-state index contributed by atoms with van der Waals surface area (Å²) in [4.78, 5) is 25.4. The highest BCUT2D eigenvalue weighted by atomic mass is 16.5. The number of rotatable bonds is 2. The van der Waals surface area contributed by atoms with E-state index >= 15 is 0 Å². The van der Waals surface area contributed by atoms with Crippen LogP contribution in [0.2, 0.25) is 0 Å². The van der Waals surface area contributed by atoms with Gasteiger partial charge in [-0.2, -0.15) is 0 Å². The van der Waals surface area contributed by atoms with Gasteiger partial charge < -0.3 is 24.1 Å². The third-order valence-electron chi connectivity index (χ3n) is 7.37. The molecule has 1 aromatic heterocycles. The molecular weight excluding hydrogens is 364 g/mol. The molecule has 0 bridgehead atoms. The number of carbonyl (C=O) groups excluding carboxylic acids is 2. The van der Waals surface area contributed by atoms with Crippen LogP contribution in [0.5, 0.6) is 0 Å². The van der Waals surface area contributed by atoms with Crippen molar-refractivity contribution in [3.8, 4) is 0 Å². The van der Waals surface area contributed by atoms with E-state index in [1.54, 1.807) is 12.3 Å². The first-order valence-electron chi connectivity index (χ1n) is 9.61. The van der Waals surface area contributed by atoms with Crippen LogP contribution in [-0.4, -0.2) is 41.5 Å². The van der Waals surface area contributed by atoms with Gasteiger partial charge in [0.15, 0.2) is 0 Å². The van der Waals surface area contributed by atoms with Crippen LogP contribution in [0.25, 0.3) is 0 Å². The normalized spacial score (nSPS) is 42.7. The second-order valence-electron chi connectivity index (χ2n) is 8.71. The van der Waals surface area contributed by atoms with Crippen molar-refractivity contribution in [2.24, 2.45) is 22.7 Å². The standard InChI is InChI=1S/C21H26O7/c1-20-9-15(11-4-5-27-10-11)28-19(25)13(20)8-17(23)21(2)14(18(24)26-3)6-12(22)7-16(20)21/h4-6,10,12-13,15-17,22-23H,7-9H2,1-3H3. The number of hydrogen-bond donors (Lipinski definition) is 2. The summed E-state index contributed by atoms with van der Waals surface area (Å²) in [5.74, 6) is -1.72. The Balaban J connectivity index is 1.80. The fraction of sp³-hybridized carbons (Fsp3) is 0.619. The summed E-state index contributed by atoms with van der Waals surface area (Å²) in [6.45, 7) is 3.85. The van der Waals surface area contributed by atoms with Gasteiger partial charge in [0, 0.05) is 16.6 Å². The van der Waals surface area contributed by atoms with Crippen molar-refractivity contribution in [2.75, 3.05) is 7.11 Å². The number of furan rings is 1. The van der Waals surface area contributed by atoms with E-state index in [-0.39, 0.29) is 23.9 Å². The van der Waals surface area contributed by atoms with Gasteiger partial charge in [-0.05, 0) is 42.7 Å². The maximum absolute atomic E-state index is 12.9. The fourth-order valence-corrected chi connectivity index (χ4v) is 5.82. The Morgan fingerprint density at radius 1 is 1.29 bits per heavy atom. The van der Waals surface area contributed by atoms with E-state index in [4.69, 9.17) is 13.9 Å². The van der Waals surface area contributed by atoms with Gasteiger partial charge in [-0.15, -0.1) is 0 Å². The van der Waals surface area contributed by atoms with E-state index in [2.05, 4.69) is 0 Å². The number of ether oxygens (including phenoxy) is 2. The van der Waals surface area contributed by atoms with Crippen molar-refractivity contribution in [3.05, 3.63) is 35.8 Å². The molecule has 7 nitrogen and oxygen atoms in total. The van der Waals surface area contributed by atoms with Crippen LogP contribution < -0.4 is 0 Å². The summed E-state index contributed by atoms with van der Waals surface area (Å²) in [6, 6.07) is 1.77. The molecule has 1 aliphatic heterocycles. The number of methoxy groups -OCH3 is 1. The van der Waals surface area contributed by atoms with Gasteiger partial charge in [-0.25, -0.2) is 4.79 Å². The van der Waals surface area contributed by atoms with Gasteiger partial charge in [-0.1, -0.05) is 13.8 Å². The van der Waals surface area contributed by atoms with Crippen LogP contribution in [0, 0.1) is 22.7 Å². The predicted molar refractivity (Wildman–Crippen MR) is 96.7 cm³/mol. The van der Waals surface area contributed by atoms with E-state index in [1.807, 2.05) is 13.8 Å². The summed E-state index contributed by atoms with van der Waals surface area (Å²) in [5.41, 5.74) is -0.429. The average Bonchev–Trinajstić information content (AvgIpc) is 3.19. The molecule has 0 amide bonds. The largest absolute Gasteiger partial charge is 0.472 e. The molecule has 0 aromatic carbocycles. The number of aliphatic hydroxyl groups excluding tert-OH is 2. The van der Waals surface area contributed by atoms with E-state index in [9.17, 15) is 19.8 Å². The Kier molecular flexibility index (Phi) is 4.43. The predicted octanol–water partition coefficient (Wildman–Crippen LogP) is 2.14. The molecule has 2 fully saturated rings. The Morgan fingerprint density at radius 2 is 2.04 bits per heavy atom. The lowest BCUT2D eigenvalue weighted by molar-refractivity contribution is -0.208. The lowest BCUT2D eigenvalue weighted by Crippen LogP contribution is -2.62. The highest BCUT2D eigenvalue weighted by Gasteiger charge is 2.65. The maximum Gasteiger partial charge on any atom is 0.334 e. The fourth-order valence-electron chi connectivity index (χ4n) is 5.82. The molecule has 2 aliphatic carbocycles. The monoisotopic (exact) mass is 390 g/mol. The van der Waals surface area contributed by atoms with Crippen LogP contribution in [0.4, 0.5) is 0 Å². The molecule has 3 aliphatic rings.